The Kier molecular flexibility index (Phi) is 4.80. The molecule has 0 fully saturated rings. The smallest absolute Gasteiger partial charge is 0.118 e. The van der Waals surface area contributed by atoms with Gasteiger partial charge in [0, 0.05) is 0 Å². The molecule has 0 spiro atoms. The summed E-state index contributed by atoms with van der Waals surface area (Å²) >= 11 is 0. The van der Waals surface area contributed by atoms with Crippen LogP contribution in [0.2, 0.25) is 0 Å². The van der Waals surface area contributed by atoms with Gasteiger partial charge in [0.2, 0.25) is 0 Å². The van der Waals surface area contributed by atoms with Gasteiger partial charge in [-0.2, -0.15) is 0 Å². The molecule has 0 radical (unpaired) electrons. The normalized spacial score (nSPS) is 9.95. The predicted molar refractivity (Wildman–Crippen MR) is 80.2 cm³/mol. The van der Waals surface area contributed by atoms with Crippen molar-refractivity contribution in [3.63, 3.8) is 0 Å². The molecule has 104 valence electrons. The van der Waals surface area contributed by atoms with Crippen LogP contribution in [0, 0.1) is 0 Å². The van der Waals surface area contributed by atoms with Crippen LogP contribution in [-0.4, -0.2) is 25.9 Å². The number of ether oxygens (including phenoxy) is 2. The highest BCUT2D eigenvalue weighted by atomic mass is 16.5. The van der Waals surface area contributed by atoms with Gasteiger partial charge < -0.3 is 14.6 Å². The zero-order chi connectivity index (χ0) is 14.4. The predicted octanol–water partition coefficient (Wildman–Crippen LogP) is 3.13. The summed E-state index contributed by atoms with van der Waals surface area (Å²) in [6.07, 6.45) is 1.80. The van der Waals surface area contributed by atoms with Crippen LogP contribution in [0.4, 0.5) is 0 Å². The Morgan fingerprint density at radius 3 is 1.55 bits per heavy atom. The molecule has 1 N–H and O–H groups in total. The van der Waals surface area contributed by atoms with Gasteiger partial charge in [-0.05, 0) is 41.0 Å². The van der Waals surface area contributed by atoms with Crippen molar-refractivity contribution < 1.29 is 14.6 Å². The average molecular weight is 270 g/mol. The third-order valence-electron chi connectivity index (χ3n) is 3.10. The molecule has 20 heavy (non-hydrogen) atoms. The van der Waals surface area contributed by atoms with Crippen molar-refractivity contribution in [1.29, 1.82) is 0 Å². The Hall–Kier alpha value is -2.26. The lowest BCUT2D eigenvalue weighted by atomic mass is 9.97. The van der Waals surface area contributed by atoms with Crippen LogP contribution in [0.3, 0.4) is 0 Å². The minimum absolute atomic E-state index is 0.00656. The van der Waals surface area contributed by atoms with Crippen molar-refractivity contribution in [2.75, 3.05) is 20.8 Å². The van der Waals surface area contributed by atoms with E-state index >= 15 is 0 Å². The van der Waals surface area contributed by atoms with E-state index in [-0.39, 0.29) is 6.61 Å². The van der Waals surface area contributed by atoms with E-state index in [1.54, 1.807) is 20.3 Å². The Balaban J connectivity index is 2.36. The van der Waals surface area contributed by atoms with Gasteiger partial charge in [-0.1, -0.05) is 30.3 Å². The fraction of sp³-hybridized carbons (Fsp3) is 0.176. The summed E-state index contributed by atoms with van der Waals surface area (Å²) in [6, 6.07) is 15.5. The number of methoxy groups -OCH3 is 2. The molecular weight excluding hydrogens is 252 g/mol. The first-order chi connectivity index (χ1) is 9.78. The lowest BCUT2D eigenvalue weighted by molar-refractivity contribution is 0.343. The maximum absolute atomic E-state index is 9.24. The number of benzene rings is 2. The largest absolute Gasteiger partial charge is 0.497 e. The summed E-state index contributed by atoms with van der Waals surface area (Å²) in [6.45, 7) is -0.00656. The molecule has 0 saturated carbocycles. The zero-order valence-electron chi connectivity index (χ0n) is 11.7. The molecule has 0 heterocycles. The molecule has 0 aliphatic carbocycles. The van der Waals surface area contributed by atoms with E-state index in [0.717, 1.165) is 28.2 Å². The molecule has 0 unspecified atom stereocenters. The molecule has 0 aliphatic heterocycles. The van der Waals surface area contributed by atoms with Crippen molar-refractivity contribution >= 4 is 5.57 Å². The number of hydrogen-bond donors (Lipinski definition) is 1. The second-order valence-corrected chi connectivity index (χ2v) is 4.26. The quantitative estimate of drug-likeness (QED) is 0.907. The van der Waals surface area contributed by atoms with E-state index in [2.05, 4.69) is 0 Å². The Bertz CT molecular complexity index is 519. The van der Waals surface area contributed by atoms with E-state index in [4.69, 9.17) is 9.47 Å². The minimum Gasteiger partial charge on any atom is -0.497 e. The highest BCUT2D eigenvalue weighted by molar-refractivity contribution is 5.80. The van der Waals surface area contributed by atoms with Gasteiger partial charge in [0.1, 0.15) is 11.5 Å². The van der Waals surface area contributed by atoms with Crippen molar-refractivity contribution in [1.82, 2.24) is 0 Å². The summed E-state index contributed by atoms with van der Waals surface area (Å²) in [7, 11) is 3.28. The second-order valence-electron chi connectivity index (χ2n) is 4.26. The number of aliphatic hydroxyl groups excluding tert-OH is 1. The zero-order valence-corrected chi connectivity index (χ0v) is 11.7. The van der Waals surface area contributed by atoms with E-state index < -0.39 is 0 Å². The molecular formula is C17H18O3. The first-order valence-corrected chi connectivity index (χ1v) is 6.38. The van der Waals surface area contributed by atoms with E-state index in [0.29, 0.717) is 0 Å². The van der Waals surface area contributed by atoms with Gasteiger partial charge in [0.15, 0.2) is 0 Å². The molecule has 0 atom stereocenters. The van der Waals surface area contributed by atoms with Crippen molar-refractivity contribution in [3.8, 4) is 11.5 Å². The van der Waals surface area contributed by atoms with Crippen LogP contribution in [0.15, 0.2) is 54.6 Å². The summed E-state index contributed by atoms with van der Waals surface area (Å²) < 4.78 is 10.3. The van der Waals surface area contributed by atoms with Crippen molar-refractivity contribution in [2.24, 2.45) is 0 Å². The molecule has 0 aromatic heterocycles. The van der Waals surface area contributed by atoms with Crippen LogP contribution in [0.5, 0.6) is 11.5 Å². The van der Waals surface area contributed by atoms with Crippen molar-refractivity contribution in [3.05, 3.63) is 65.7 Å². The van der Waals surface area contributed by atoms with Gasteiger partial charge in [-0.3, -0.25) is 0 Å². The lowest BCUT2D eigenvalue weighted by Crippen LogP contribution is -1.91. The van der Waals surface area contributed by atoms with Gasteiger partial charge in [-0.25, -0.2) is 0 Å². The van der Waals surface area contributed by atoms with Crippen LogP contribution in [0.1, 0.15) is 11.1 Å². The summed E-state index contributed by atoms with van der Waals surface area (Å²) in [4.78, 5) is 0. The number of rotatable bonds is 5. The fourth-order valence-corrected chi connectivity index (χ4v) is 2.03. The number of aliphatic hydroxyl groups is 1. The summed E-state index contributed by atoms with van der Waals surface area (Å²) in [5.74, 6) is 1.62. The van der Waals surface area contributed by atoms with Crippen LogP contribution in [-0.2, 0) is 0 Å². The first-order valence-electron chi connectivity index (χ1n) is 6.38. The minimum atomic E-state index is -0.00656. The van der Waals surface area contributed by atoms with E-state index in [9.17, 15) is 5.11 Å². The van der Waals surface area contributed by atoms with Crippen LogP contribution in [0.25, 0.3) is 5.57 Å². The van der Waals surface area contributed by atoms with Gasteiger partial charge >= 0.3 is 0 Å². The highest BCUT2D eigenvalue weighted by Gasteiger charge is 2.05. The maximum atomic E-state index is 9.24. The molecule has 2 aromatic carbocycles. The molecule has 3 heteroatoms. The lowest BCUT2D eigenvalue weighted by Gasteiger charge is -2.10. The standard InChI is InChI=1S/C17H18O3/c1-19-15-7-3-13(4-8-15)17(11-12-18)14-5-9-16(20-2)10-6-14/h3-11,18H,12H2,1-2H3. The Morgan fingerprint density at radius 2 is 1.25 bits per heavy atom. The van der Waals surface area contributed by atoms with Gasteiger partial charge in [0.05, 0.1) is 20.8 Å². The third kappa shape index (κ3) is 3.19. The van der Waals surface area contributed by atoms with E-state index in [1.807, 2.05) is 48.5 Å². The summed E-state index contributed by atoms with van der Waals surface area (Å²) in [5.41, 5.74) is 3.05. The van der Waals surface area contributed by atoms with Crippen LogP contribution < -0.4 is 9.47 Å². The topological polar surface area (TPSA) is 38.7 Å². The number of hydrogen-bond acceptors (Lipinski definition) is 3. The van der Waals surface area contributed by atoms with Crippen molar-refractivity contribution in [2.45, 2.75) is 0 Å². The second kappa shape index (κ2) is 6.78. The molecule has 3 nitrogen and oxygen atoms in total. The molecule has 0 amide bonds. The fourth-order valence-electron chi connectivity index (χ4n) is 2.03. The van der Waals surface area contributed by atoms with Crippen LogP contribution >= 0.6 is 0 Å². The van der Waals surface area contributed by atoms with Gasteiger partial charge in [0.25, 0.3) is 0 Å². The molecule has 2 aromatic rings. The maximum Gasteiger partial charge on any atom is 0.118 e. The van der Waals surface area contributed by atoms with Gasteiger partial charge in [-0.15, -0.1) is 0 Å². The molecule has 0 aliphatic rings. The first kappa shape index (κ1) is 14.2. The Labute approximate surface area is 119 Å². The molecule has 0 bridgehead atoms. The Morgan fingerprint density at radius 1 is 0.850 bits per heavy atom. The average Bonchev–Trinajstić information content (AvgIpc) is 2.53. The molecule has 0 saturated heterocycles. The monoisotopic (exact) mass is 270 g/mol. The van der Waals surface area contributed by atoms with E-state index in [1.165, 1.54) is 0 Å². The third-order valence-corrected chi connectivity index (χ3v) is 3.10. The molecule has 2 rings (SSSR count). The SMILES string of the molecule is COc1ccc(C(=CCO)c2ccc(OC)cc2)cc1. The highest BCUT2D eigenvalue weighted by Crippen LogP contribution is 2.26. The summed E-state index contributed by atoms with van der Waals surface area (Å²) in [5, 5.41) is 9.24.